The van der Waals surface area contributed by atoms with Gasteiger partial charge in [0.25, 0.3) is 0 Å². The normalized spacial score (nSPS) is 12.2. The molecule has 0 aliphatic heterocycles. The topological polar surface area (TPSA) is 140 Å². The molecule has 49 heavy (non-hydrogen) atoms. The number of benzene rings is 3. The van der Waals surface area contributed by atoms with Gasteiger partial charge in [-0.2, -0.15) is 43.2 Å². The maximum absolute atomic E-state index is 14.3. The van der Waals surface area contributed by atoms with Crippen molar-refractivity contribution in [1.29, 1.82) is 0 Å². The molecule has 0 aliphatic rings. The third kappa shape index (κ3) is 8.08. The van der Waals surface area contributed by atoms with Crippen molar-refractivity contribution >= 4 is 20.2 Å². The summed E-state index contributed by atoms with van der Waals surface area (Å²) in [6.07, 6.45) is 0. The summed E-state index contributed by atoms with van der Waals surface area (Å²) in [6.45, 7) is -0.488. The van der Waals surface area contributed by atoms with Gasteiger partial charge in [-0.15, -0.1) is 0 Å². The minimum Gasteiger partial charge on any atom is -0.486 e. The lowest BCUT2D eigenvalue weighted by atomic mass is 10.2. The molecular weight excluding hydrogens is 750 g/mol. The zero-order chi connectivity index (χ0) is 37.3. The summed E-state index contributed by atoms with van der Waals surface area (Å²) in [7, 11) is -11.7. The van der Waals surface area contributed by atoms with E-state index in [1.54, 1.807) is 0 Å². The maximum Gasteiger partial charge on any atom is 0.300 e. The molecule has 0 bridgehead atoms. The molecule has 0 spiro atoms. The Balaban J connectivity index is 1.85. The van der Waals surface area contributed by atoms with Gasteiger partial charge in [-0.05, 0) is 0 Å². The van der Waals surface area contributed by atoms with Crippen LogP contribution in [0.15, 0.2) is 9.79 Å². The summed E-state index contributed by atoms with van der Waals surface area (Å²) in [5, 5.41) is 0. The molecule has 3 aromatic carbocycles. The quantitative estimate of drug-likeness (QED) is 0.134. The van der Waals surface area contributed by atoms with Gasteiger partial charge in [0.05, 0.1) is 0 Å². The molecule has 0 amide bonds. The van der Waals surface area contributed by atoms with Crippen LogP contribution in [0.1, 0.15) is 5.56 Å². The Morgan fingerprint density at radius 1 is 0.449 bits per heavy atom. The van der Waals surface area contributed by atoms with Crippen LogP contribution in [0, 0.1) is 76.7 Å². The van der Waals surface area contributed by atoms with Gasteiger partial charge in [0, 0.05) is 32.1 Å². The van der Waals surface area contributed by atoms with Crippen LogP contribution in [0.2, 0.25) is 0 Å². The van der Waals surface area contributed by atoms with Crippen LogP contribution in [-0.4, -0.2) is 70.3 Å². The van der Waals surface area contributed by atoms with Gasteiger partial charge in [-0.25, -0.2) is 26.3 Å². The molecule has 0 unspecified atom stereocenters. The molecule has 3 aromatic rings. The third-order valence-corrected chi connectivity index (χ3v) is 7.85. The minimum absolute atomic E-state index is 0.718. The Kier molecular flexibility index (Phi) is 12.0. The molecule has 2 radical (unpaired) electrons. The summed E-state index contributed by atoms with van der Waals surface area (Å²) in [5.74, 6) is -33.9. The van der Waals surface area contributed by atoms with E-state index >= 15 is 0 Å². The molecule has 24 heteroatoms. The number of rotatable bonds is 14. The van der Waals surface area contributed by atoms with E-state index in [1.807, 2.05) is 0 Å². The van der Waals surface area contributed by atoms with Gasteiger partial charge >= 0.3 is 20.2 Å². The van der Waals surface area contributed by atoms with Gasteiger partial charge < -0.3 is 14.2 Å². The van der Waals surface area contributed by atoms with Crippen molar-refractivity contribution in [2.75, 3.05) is 39.5 Å². The van der Waals surface area contributed by atoms with Gasteiger partial charge in [-0.3, -0.25) is 14.0 Å². The minimum atomic E-state index is -5.83. The number of halogens is 12. The number of hydrogen-bond acceptors (Lipinski definition) is 8. The van der Waals surface area contributed by atoms with Gasteiger partial charge in [0.2, 0.25) is 34.9 Å². The van der Waals surface area contributed by atoms with Crippen LogP contribution in [0.4, 0.5) is 52.7 Å². The molecule has 0 fully saturated rings. The first-order chi connectivity index (χ1) is 22.5. The molecule has 0 heterocycles. The second-order valence-corrected chi connectivity index (χ2v) is 11.9. The van der Waals surface area contributed by atoms with E-state index in [9.17, 15) is 69.5 Å². The van der Waals surface area contributed by atoms with Crippen molar-refractivity contribution in [3.8, 4) is 17.2 Å². The van der Waals surface area contributed by atoms with Gasteiger partial charge in [0.15, 0.2) is 61.9 Å². The molecule has 0 atom stereocenters. The highest BCUT2D eigenvalue weighted by atomic mass is 32.2. The monoisotopic (exact) mass is 765 g/mol. The van der Waals surface area contributed by atoms with E-state index in [0.29, 0.717) is 0 Å². The molecular formula is C25H15F12NO9S2. The highest BCUT2D eigenvalue weighted by Gasteiger charge is 2.35. The summed E-state index contributed by atoms with van der Waals surface area (Å²) >= 11 is 0. The SMILES string of the molecule is [CH]c1c(F)c(F)c(OCCN(CCOc2c(F)c(F)c(S(=O)(=O)O)c(F)c2F)CCOc2c(F)c(F)c(S(=O)(=O)O)c(F)c2F)c(F)c1F. The largest absolute Gasteiger partial charge is 0.486 e. The number of nitrogens with zero attached hydrogens (tertiary/aromatic N) is 1. The van der Waals surface area contributed by atoms with E-state index in [4.69, 9.17) is 16.0 Å². The van der Waals surface area contributed by atoms with Crippen LogP contribution >= 0.6 is 0 Å². The molecule has 0 saturated heterocycles. The Hall–Kier alpha value is -4.00. The molecule has 270 valence electrons. The fourth-order valence-electron chi connectivity index (χ4n) is 3.81. The summed E-state index contributed by atoms with van der Waals surface area (Å²) in [6, 6.07) is 0. The molecule has 2 N–H and O–H groups in total. The first kappa shape index (κ1) is 39.4. The molecule has 0 aromatic heterocycles. The van der Waals surface area contributed by atoms with Crippen molar-refractivity contribution in [2.45, 2.75) is 9.79 Å². The summed E-state index contributed by atoms with van der Waals surface area (Å²) < 4.78 is 245. The average molecular weight is 766 g/mol. The standard InChI is InChI=1S/C25H15F12NO9S2/c1-8-9(26)11(28)21(12(29)10(8)27)45-5-2-38(3-6-46-22-13(30)17(34)24(48(39,40)41)18(35)14(22)31)4-7-47-23-15(32)19(36)25(49(42,43)44)20(37)16(23)33/h1H,2-7H2,(H,39,40,41)(H,42,43,44). The van der Waals surface area contributed by atoms with Crippen LogP contribution in [0.5, 0.6) is 17.2 Å². The first-order valence-corrected chi connectivity index (χ1v) is 15.3. The predicted molar refractivity (Wildman–Crippen MR) is 135 cm³/mol. The molecule has 0 aliphatic carbocycles. The Morgan fingerprint density at radius 3 is 0.898 bits per heavy atom. The Morgan fingerprint density at radius 2 is 0.673 bits per heavy atom. The lowest BCUT2D eigenvalue weighted by molar-refractivity contribution is 0.141. The fraction of sp³-hybridized carbons (Fsp3) is 0.240. The number of hydrogen-bond donors (Lipinski definition) is 2. The van der Waals surface area contributed by atoms with Crippen LogP contribution in [0.25, 0.3) is 0 Å². The number of ether oxygens (including phenoxy) is 3. The van der Waals surface area contributed by atoms with E-state index in [-0.39, 0.29) is 0 Å². The van der Waals surface area contributed by atoms with E-state index < -0.39 is 162 Å². The maximum atomic E-state index is 14.3. The summed E-state index contributed by atoms with van der Waals surface area (Å²) in [5.41, 5.74) is -1.55. The zero-order valence-electron chi connectivity index (χ0n) is 23.4. The van der Waals surface area contributed by atoms with Crippen LogP contribution in [0.3, 0.4) is 0 Å². The molecule has 0 saturated carbocycles. The van der Waals surface area contributed by atoms with Crippen molar-refractivity contribution in [1.82, 2.24) is 4.90 Å². The van der Waals surface area contributed by atoms with Crippen LogP contribution < -0.4 is 14.2 Å². The third-order valence-electron chi connectivity index (χ3n) is 6.10. The van der Waals surface area contributed by atoms with Gasteiger partial charge in [-0.1, -0.05) is 0 Å². The van der Waals surface area contributed by atoms with Crippen molar-refractivity contribution in [3.63, 3.8) is 0 Å². The summed E-state index contributed by atoms with van der Waals surface area (Å²) in [4.78, 5) is -3.97. The van der Waals surface area contributed by atoms with Crippen molar-refractivity contribution in [3.05, 3.63) is 82.3 Å². The second-order valence-electron chi connectivity index (χ2n) is 9.16. The highest BCUT2D eigenvalue weighted by molar-refractivity contribution is 7.86. The lowest BCUT2D eigenvalue weighted by Crippen LogP contribution is -2.36. The molecule has 10 nitrogen and oxygen atoms in total. The van der Waals surface area contributed by atoms with E-state index in [2.05, 4.69) is 14.2 Å². The predicted octanol–water partition coefficient (Wildman–Crippen LogP) is 4.75. The second kappa shape index (κ2) is 14.9. The van der Waals surface area contributed by atoms with E-state index in [1.165, 1.54) is 0 Å². The lowest BCUT2D eigenvalue weighted by Gasteiger charge is -2.23. The first-order valence-electron chi connectivity index (χ1n) is 12.4. The highest BCUT2D eigenvalue weighted by Crippen LogP contribution is 2.34. The Bertz CT molecular complexity index is 1820. The average Bonchev–Trinajstić information content (AvgIpc) is 3.00. The zero-order valence-corrected chi connectivity index (χ0v) is 25.0. The smallest absolute Gasteiger partial charge is 0.300 e. The van der Waals surface area contributed by atoms with Crippen LogP contribution in [-0.2, 0) is 20.2 Å². The fourth-order valence-corrected chi connectivity index (χ4v) is 5.07. The van der Waals surface area contributed by atoms with Crippen molar-refractivity contribution in [2.24, 2.45) is 0 Å². The molecule has 3 rings (SSSR count). The van der Waals surface area contributed by atoms with Crippen molar-refractivity contribution < 1.29 is 92.8 Å². The van der Waals surface area contributed by atoms with E-state index in [0.717, 1.165) is 4.90 Å². The Labute approximate surface area is 266 Å². The van der Waals surface area contributed by atoms with Gasteiger partial charge in [0.1, 0.15) is 19.8 Å².